The van der Waals surface area contributed by atoms with Crippen molar-refractivity contribution in [3.8, 4) is 6.07 Å². The maximum absolute atomic E-state index is 13.5. The molecule has 2 fully saturated rings. The summed E-state index contributed by atoms with van der Waals surface area (Å²) in [5.41, 5.74) is 2.75. The molecule has 1 atom stereocenters. The van der Waals surface area contributed by atoms with Crippen LogP contribution in [0.3, 0.4) is 0 Å². The summed E-state index contributed by atoms with van der Waals surface area (Å²) in [5.74, 6) is 1.06. The molecule has 1 aromatic carbocycles. The first-order chi connectivity index (χ1) is 14.7. The molecule has 0 N–H and O–H groups in total. The normalized spacial score (nSPS) is 21.4. The lowest BCUT2D eigenvalue weighted by Crippen LogP contribution is -2.49. The third kappa shape index (κ3) is 3.24. The summed E-state index contributed by atoms with van der Waals surface area (Å²) in [6.45, 7) is 2.79. The number of fused-ring (bicyclic) bond motifs is 1. The second kappa shape index (κ2) is 7.38. The van der Waals surface area contributed by atoms with E-state index in [1.165, 1.54) is 0 Å². The van der Waals surface area contributed by atoms with Gasteiger partial charge in [0.2, 0.25) is 5.91 Å². The zero-order valence-corrected chi connectivity index (χ0v) is 16.7. The highest BCUT2D eigenvalue weighted by molar-refractivity contribution is 5.85. The Bertz CT molecular complexity index is 1140. The lowest BCUT2D eigenvalue weighted by molar-refractivity contribution is -0.145. The minimum Gasteiger partial charge on any atom is -0.354 e. The zero-order valence-electron chi connectivity index (χ0n) is 16.7. The molecule has 30 heavy (non-hydrogen) atoms. The molecule has 2 aromatic heterocycles. The molecule has 0 aliphatic carbocycles. The molecule has 2 aliphatic heterocycles. The van der Waals surface area contributed by atoms with E-state index in [1.807, 2.05) is 47.5 Å². The van der Waals surface area contributed by atoms with Crippen LogP contribution in [0.1, 0.15) is 30.5 Å². The molecule has 1 spiro atoms. The number of amides is 1. The summed E-state index contributed by atoms with van der Waals surface area (Å²) in [7, 11) is 0. The van der Waals surface area contributed by atoms with E-state index in [9.17, 15) is 4.79 Å². The van der Waals surface area contributed by atoms with Crippen LogP contribution in [0.5, 0.6) is 0 Å². The molecule has 0 radical (unpaired) electrons. The predicted octanol–water partition coefficient (Wildman–Crippen LogP) is 2.92. The summed E-state index contributed by atoms with van der Waals surface area (Å²) in [5, 5.41) is 8.92. The Balaban J connectivity index is 1.33. The highest BCUT2D eigenvalue weighted by atomic mass is 16.2. The molecule has 1 unspecified atom stereocenters. The molecular formula is C23H22N6O. The Morgan fingerprint density at radius 1 is 1.03 bits per heavy atom. The number of nitriles is 1. The van der Waals surface area contributed by atoms with E-state index < -0.39 is 0 Å². The van der Waals surface area contributed by atoms with Gasteiger partial charge in [-0.05, 0) is 43.0 Å². The lowest BCUT2D eigenvalue weighted by atomic mass is 9.78. The van der Waals surface area contributed by atoms with Gasteiger partial charge in [0.1, 0.15) is 17.6 Å². The van der Waals surface area contributed by atoms with E-state index in [0.29, 0.717) is 18.8 Å². The second-order valence-electron chi connectivity index (χ2n) is 8.16. The first kappa shape index (κ1) is 18.5. The molecule has 5 rings (SSSR count). The minimum atomic E-state index is -0.356. The van der Waals surface area contributed by atoms with Crippen LogP contribution in [0.2, 0.25) is 0 Å². The number of piperidine rings is 1. The van der Waals surface area contributed by atoms with E-state index >= 15 is 0 Å². The molecule has 150 valence electrons. The van der Waals surface area contributed by atoms with Crippen LogP contribution >= 0.6 is 0 Å². The van der Waals surface area contributed by atoms with Gasteiger partial charge in [-0.1, -0.05) is 18.2 Å². The van der Waals surface area contributed by atoms with Crippen molar-refractivity contribution in [2.45, 2.75) is 25.8 Å². The number of hydrogen-bond acceptors (Lipinski definition) is 6. The monoisotopic (exact) mass is 398 g/mol. The van der Waals surface area contributed by atoms with Crippen LogP contribution in [-0.2, 0) is 11.3 Å². The van der Waals surface area contributed by atoms with Crippen LogP contribution in [0.15, 0.2) is 48.8 Å². The number of hydrogen-bond donors (Lipinski definition) is 0. The molecule has 3 aromatic rings. The Labute approximate surface area is 175 Å². The maximum Gasteiger partial charge on any atom is 0.230 e. The number of benzene rings is 1. The molecule has 2 aliphatic rings. The van der Waals surface area contributed by atoms with Crippen molar-refractivity contribution in [2.24, 2.45) is 5.41 Å². The Hall–Kier alpha value is -3.53. The number of rotatable bonds is 3. The van der Waals surface area contributed by atoms with Gasteiger partial charge in [-0.25, -0.2) is 9.97 Å². The fourth-order valence-corrected chi connectivity index (χ4v) is 4.65. The number of pyridine rings is 1. The molecule has 2 saturated heterocycles. The predicted molar refractivity (Wildman–Crippen MR) is 112 cm³/mol. The number of likely N-dealkylation sites (tertiary alicyclic amines) is 1. The highest BCUT2D eigenvalue weighted by Crippen LogP contribution is 2.41. The van der Waals surface area contributed by atoms with E-state index in [1.54, 1.807) is 12.3 Å². The van der Waals surface area contributed by atoms with Gasteiger partial charge in [0, 0.05) is 32.4 Å². The fraction of sp³-hybridized carbons (Fsp3) is 0.348. The summed E-state index contributed by atoms with van der Waals surface area (Å²) in [6, 6.07) is 13.5. The fourth-order valence-electron chi connectivity index (χ4n) is 4.65. The smallest absolute Gasteiger partial charge is 0.230 e. The van der Waals surface area contributed by atoms with Gasteiger partial charge in [0.25, 0.3) is 0 Å². The van der Waals surface area contributed by atoms with Crippen molar-refractivity contribution in [1.82, 2.24) is 19.9 Å². The van der Waals surface area contributed by atoms with E-state index in [4.69, 9.17) is 10.2 Å². The number of aromatic nitrogens is 3. The lowest BCUT2D eigenvalue weighted by Gasteiger charge is -2.39. The van der Waals surface area contributed by atoms with Crippen LogP contribution in [0.4, 0.5) is 5.82 Å². The van der Waals surface area contributed by atoms with Gasteiger partial charge in [-0.15, -0.1) is 0 Å². The summed E-state index contributed by atoms with van der Waals surface area (Å²) >= 11 is 0. The summed E-state index contributed by atoms with van der Waals surface area (Å²) < 4.78 is 0. The molecule has 0 saturated carbocycles. The maximum atomic E-state index is 13.5. The molecular weight excluding hydrogens is 376 g/mol. The van der Waals surface area contributed by atoms with Crippen molar-refractivity contribution in [2.75, 3.05) is 24.5 Å². The number of anilines is 1. The third-order valence-corrected chi connectivity index (χ3v) is 6.25. The van der Waals surface area contributed by atoms with Crippen molar-refractivity contribution < 1.29 is 4.79 Å². The quantitative estimate of drug-likeness (QED) is 0.674. The zero-order chi connectivity index (χ0) is 20.6. The van der Waals surface area contributed by atoms with Crippen LogP contribution in [-0.4, -0.2) is 45.4 Å². The van der Waals surface area contributed by atoms with Crippen LogP contribution < -0.4 is 4.90 Å². The van der Waals surface area contributed by atoms with Crippen molar-refractivity contribution >= 4 is 22.8 Å². The van der Waals surface area contributed by atoms with Crippen molar-refractivity contribution in [3.63, 3.8) is 0 Å². The minimum absolute atomic E-state index is 0.217. The molecule has 4 heterocycles. The Kier molecular flexibility index (Phi) is 4.55. The van der Waals surface area contributed by atoms with Crippen LogP contribution in [0.25, 0.3) is 11.0 Å². The Morgan fingerprint density at radius 3 is 2.70 bits per heavy atom. The van der Waals surface area contributed by atoms with Gasteiger partial charge >= 0.3 is 0 Å². The summed E-state index contributed by atoms with van der Waals surface area (Å²) in [6.07, 6.45) is 6.24. The van der Waals surface area contributed by atoms with E-state index in [2.05, 4.69) is 14.9 Å². The third-order valence-electron chi connectivity index (χ3n) is 6.25. The summed E-state index contributed by atoms with van der Waals surface area (Å²) in [4.78, 5) is 31.0. The second-order valence-corrected chi connectivity index (χ2v) is 8.16. The van der Waals surface area contributed by atoms with Crippen molar-refractivity contribution in [3.05, 3.63) is 60.0 Å². The Morgan fingerprint density at radius 2 is 1.90 bits per heavy atom. The highest BCUT2D eigenvalue weighted by Gasteiger charge is 2.48. The van der Waals surface area contributed by atoms with Gasteiger partial charge < -0.3 is 9.80 Å². The topological polar surface area (TPSA) is 86.0 Å². The average Bonchev–Trinajstić information content (AvgIpc) is 3.22. The number of carbonyl (C=O) groups excluding carboxylic acids is 1. The van der Waals surface area contributed by atoms with Crippen LogP contribution in [0, 0.1) is 16.7 Å². The number of carbonyl (C=O) groups is 1. The number of para-hydroxylation sites is 2. The SMILES string of the molecule is N#Cc1ccc(CN2CCCC3(CCN(c4cnc5ccccc5n4)C3)C2=O)cn1. The van der Waals surface area contributed by atoms with Crippen molar-refractivity contribution in [1.29, 1.82) is 5.26 Å². The number of nitrogens with zero attached hydrogens (tertiary/aromatic N) is 6. The molecule has 1 amide bonds. The van der Waals surface area contributed by atoms with Gasteiger partial charge in [-0.3, -0.25) is 9.78 Å². The molecule has 7 heteroatoms. The van der Waals surface area contributed by atoms with Gasteiger partial charge in [0.15, 0.2) is 0 Å². The largest absolute Gasteiger partial charge is 0.354 e. The first-order valence-electron chi connectivity index (χ1n) is 10.3. The van der Waals surface area contributed by atoms with E-state index in [0.717, 1.165) is 54.8 Å². The molecule has 0 bridgehead atoms. The van der Waals surface area contributed by atoms with Gasteiger partial charge in [-0.2, -0.15) is 5.26 Å². The standard InChI is InChI=1S/C23H22N6O/c24-12-18-7-6-17(13-25-18)15-28-10-3-8-23(22(28)30)9-11-29(16-23)21-14-26-19-4-1-2-5-20(19)27-21/h1-2,4-7,13-14H,3,8-11,15-16H2. The first-order valence-corrected chi connectivity index (χ1v) is 10.3. The average molecular weight is 398 g/mol. The van der Waals surface area contributed by atoms with E-state index in [-0.39, 0.29) is 11.3 Å². The molecule has 7 nitrogen and oxygen atoms in total. The van der Waals surface area contributed by atoms with Gasteiger partial charge in [0.05, 0.1) is 22.6 Å².